The largest absolute Gasteiger partial charge is 0.352 e. The maximum Gasteiger partial charge on any atom is 0.147 e. The van der Waals surface area contributed by atoms with Gasteiger partial charge in [-0.05, 0) is 55.6 Å². The van der Waals surface area contributed by atoms with Gasteiger partial charge in [-0.25, -0.2) is 4.39 Å². The number of aromatic amines is 1. The second-order valence-electron chi connectivity index (χ2n) is 6.38. The van der Waals surface area contributed by atoms with Crippen LogP contribution in [0.3, 0.4) is 0 Å². The topological polar surface area (TPSA) is 54.7 Å². The second kappa shape index (κ2) is 7.17. The van der Waals surface area contributed by atoms with E-state index in [0.717, 1.165) is 56.8 Å². The van der Waals surface area contributed by atoms with Gasteiger partial charge in [0, 0.05) is 27.0 Å². The van der Waals surface area contributed by atoms with Gasteiger partial charge < -0.3 is 10.7 Å². The minimum atomic E-state index is -0.233. The van der Waals surface area contributed by atoms with Crippen molar-refractivity contribution in [3.63, 3.8) is 0 Å². The van der Waals surface area contributed by atoms with Crippen molar-refractivity contribution < 1.29 is 4.39 Å². The Morgan fingerprint density at radius 2 is 1.88 bits per heavy atom. The van der Waals surface area contributed by atoms with Crippen LogP contribution in [0.5, 0.6) is 0 Å². The number of unbranched alkanes of at least 4 members (excludes halogenated alkanes) is 1. The molecule has 0 unspecified atom stereocenters. The van der Waals surface area contributed by atoms with E-state index in [0.29, 0.717) is 12.1 Å². The number of pyridine rings is 1. The van der Waals surface area contributed by atoms with Crippen LogP contribution in [0, 0.1) is 5.82 Å². The summed E-state index contributed by atoms with van der Waals surface area (Å²) in [5, 5.41) is 1.97. The van der Waals surface area contributed by atoms with Crippen LogP contribution in [-0.4, -0.2) is 16.5 Å². The Morgan fingerprint density at radius 3 is 2.73 bits per heavy atom. The van der Waals surface area contributed by atoms with Crippen molar-refractivity contribution in [1.29, 1.82) is 0 Å². The summed E-state index contributed by atoms with van der Waals surface area (Å²) in [6.45, 7) is 0.662. The summed E-state index contributed by atoms with van der Waals surface area (Å²) in [5.74, 6) is -0.233. The van der Waals surface area contributed by atoms with E-state index in [-0.39, 0.29) is 5.82 Å². The number of benzene rings is 2. The summed E-state index contributed by atoms with van der Waals surface area (Å²) in [6.07, 6.45) is 4.55. The third-order valence-electron chi connectivity index (χ3n) is 4.76. The number of para-hydroxylation sites is 1. The number of nitrogens with zero attached hydrogens (tertiary/aromatic N) is 1. The smallest absolute Gasteiger partial charge is 0.147 e. The average molecular weight is 412 g/mol. The molecule has 0 amide bonds. The third-order valence-corrected chi connectivity index (χ3v) is 5.45. The SMILES string of the molecule is NCCCCc1c(-c2ccc(Br)c3cccnc23)[nH]c2c(F)cccc12. The average Bonchev–Trinajstić information content (AvgIpc) is 3.03. The van der Waals surface area contributed by atoms with E-state index < -0.39 is 0 Å². The summed E-state index contributed by atoms with van der Waals surface area (Å²) in [7, 11) is 0. The van der Waals surface area contributed by atoms with E-state index in [4.69, 9.17) is 5.73 Å². The molecule has 0 aliphatic carbocycles. The molecule has 0 aliphatic rings. The first kappa shape index (κ1) is 17.2. The van der Waals surface area contributed by atoms with Gasteiger partial charge in [0.1, 0.15) is 5.82 Å². The number of aryl methyl sites for hydroxylation is 1. The molecule has 2 aromatic heterocycles. The molecule has 0 aliphatic heterocycles. The van der Waals surface area contributed by atoms with Crippen LogP contribution in [0.25, 0.3) is 33.1 Å². The predicted octanol–water partition coefficient (Wildman–Crippen LogP) is 5.57. The molecular weight excluding hydrogens is 393 g/mol. The highest BCUT2D eigenvalue weighted by Gasteiger charge is 2.18. The number of fused-ring (bicyclic) bond motifs is 2. The second-order valence-corrected chi connectivity index (χ2v) is 7.24. The predicted molar refractivity (Wildman–Crippen MR) is 109 cm³/mol. The molecule has 4 aromatic rings. The van der Waals surface area contributed by atoms with Gasteiger partial charge in [0.05, 0.1) is 16.7 Å². The van der Waals surface area contributed by atoms with Gasteiger partial charge >= 0.3 is 0 Å². The fourth-order valence-electron chi connectivity index (χ4n) is 3.51. The Bertz CT molecular complexity index is 1090. The molecule has 0 radical (unpaired) electrons. The Morgan fingerprint density at radius 1 is 1.04 bits per heavy atom. The van der Waals surface area contributed by atoms with Gasteiger partial charge in [-0.15, -0.1) is 0 Å². The normalized spacial score (nSPS) is 11.5. The third kappa shape index (κ3) is 2.91. The van der Waals surface area contributed by atoms with Crippen molar-refractivity contribution in [3.05, 3.63) is 64.5 Å². The lowest BCUT2D eigenvalue weighted by atomic mass is 9.98. The molecule has 5 heteroatoms. The summed E-state index contributed by atoms with van der Waals surface area (Å²) in [5.41, 5.74) is 10.2. The number of hydrogen-bond donors (Lipinski definition) is 2. The summed E-state index contributed by atoms with van der Waals surface area (Å²) in [6, 6.07) is 13.2. The Labute approximate surface area is 159 Å². The molecule has 4 rings (SSSR count). The molecule has 26 heavy (non-hydrogen) atoms. The standard InChI is InChI=1S/C21H19BrFN3/c22-17-10-9-16(19-15(17)7-4-12-25-19)20-13(5-1-2-11-24)14-6-3-8-18(23)21(14)26-20/h3-4,6-10,12,26H,1-2,5,11,24H2. The van der Waals surface area contributed by atoms with Crippen molar-refractivity contribution in [2.75, 3.05) is 6.54 Å². The summed E-state index contributed by atoms with van der Waals surface area (Å²) < 4.78 is 15.4. The van der Waals surface area contributed by atoms with Crippen molar-refractivity contribution in [1.82, 2.24) is 9.97 Å². The zero-order valence-electron chi connectivity index (χ0n) is 14.2. The number of H-pyrrole nitrogens is 1. The lowest BCUT2D eigenvalue weighted by Crippen LogP contribution is -1.99. The molecule has 0 saturated heterocycles. The molecule has 2 aromatic carbocycles. The molecular formula is C21H19BrFN3. The van der Waals surface area contributed by atoms with Crippen LogP contribution in [-0.2, 0) is 6.42 Å². The van der Waals surface area contributed by atoms with Crippen LogP contribution in [0.2, 0.25) is 0 Å². The van der Waals surface area contributed by atoms with E-state index in [2.05, 4.69) is 25.9 Å². The lowest BCUT2D eigenvalue weighted by Gasteiger charge is -2.09. The number of hydrogen-bond acceptors (Lipinski definition) is 2. The zero-order chi connectivity index (χ0) is 18.1. The van der Waals surface area contributed by atoms with Crippen molar-refractivity contribution in [2.24, 2.45) is 5.73 Å². The minimum Gasteiger partial charge on any atom is -0.352 e. The molecule has 3 nitrogen and oxygen atoms in total. The zero-order valence-corrected chi connectivity index (χ0v) is 15.8. The number of halogens is 2. The van der Waals surface area contributed by atoms with Gasteiger partial charge in [-0.3, -0.25) is 4.98 Å². The molecule has 132 valence electrons. The van der Waals surface area contributed by atoms with Gasteiger partial charge in [-0.2, -0.15) is 0 Å². The molecule has 3 N–H and O–H groups in total. The van der Waals surface area contributed by atoms with Gasteiger partial charge in [-0.1, -0.05) is 34.1 Å². The van der Waals surface area contributed by atoms with Crippen LogP contribution >= 0.6 is 15.9 Å². The lowest BCUT2D eigenvalue weighted by molar-refractivity contribution is 0.637. The number of rotatable bonds is 5. The first-order chi connectivity index (χ1) is 12.7. The first-order valence-corrected chi connectivity index (χ1v) is 9.52. The van der Waals surface area contributed by atoms with Crippen molar-refractivity contribution in [3.8, 4) is 11.3 Å². The molecule has 0 fully saturated rings. The highest BCUT2D eigenvalue weighted by atomic mass is 79.9. The molecule has 0 spiro atoms. The van der Waals surface area contributed by atoms with E-state index in [1.54, 1.807) is 12.3 Å². The first-order valence-electron chi connectivity index (χ1n) is 8.73. The Hall–Kier alpha value is -2.24. The van der Waals surface area contributed by atoms with E-state index >= 15 is 0 Å². The number of nitrogens with one attached hydrogen (secondary N) is 1. The Balaban J connectivity index is 1.98. The molecule has 0 atom stereocenters. The van der Waals surface area contributed by atoms with Crippen molar-refractivity contribution >= 4 is 37.7 Å². The van der Waals surface area contributed by atoms with E-state index in [1.807, 2.05) is 30.3 Å². The molecule has 2 heterocycles. The van der Waals surface area contributed by atoms with Crippen LogP contribution in [0.15, 0.2) is 53.1 Å². The highest BCUT2D eigenvalue weighted by Crippen LogP contribution is 2.37. The summed E-state index contributed by atoms with van der Waals surface area (Å²) in [4.78, 5) is 7.91. The maximum absolute atomic E-state index is 14.4. The fraction of sp³-hybridized carbons (Fsp3) is 0.190. The van der Waals surface area contributed by atoms with Crippen LogP contribution in [0.4, 0.5) is 4.39 Å². The number of aromatic nitrogens is 2. The van der Waals surface area contributed by atoms with Gasteiger partial charge in [0.25, 0.3) is 0 Å². The highest BCUT2D eigenvalue weighted by molar-refractivity contribution is 9.10. The van der Waals surface area contributed by atoms with Crippen LogP contribution < -0.4 is 5.73 Å². The van der Waals surface area contributed by atoms with Gasteiger partial charge in [0.2, 0.25) is 0 Å². The fourth-order valence-corrected chi connectivity index (χ4v) is 3.97. The van der Waals surface area contributed by atoms with Crippen molar-refractivity contribution in [2.45, 2.75) is 19.3 Å². The summed E-state index contributed by atoms with van der Waals surface area (Å²) >= 11 is 3.60. The Kier molecular flexibility index (Phi) is 4.74. The van der Waals surface area contributed by atoms with E-state index in [9.17, 15) is 4.39 Å². The minimum absolute atomic E-state index is 0.233. The van der Waals surface area contributed by atoms with E-state index in [1.165, 1.54) is 6.07 Å². The van der Waals surface area contributed by atoms with Crippen LogP contribution in [0.1, 0.15) is 18.4 Å². The maximum atomic E-state index is 14.4. The van der Waals surface area contributed by atoms with Gasteiger partial charge in [0.15, 0.2) is 0 Å². The molecule has 0 saturated carbocycles. The number of nitrogens with two attached hydrogens (primary N) is 1. The monoisotopic (exact) mass is 411 g/mol. The molecule has 0 bridgehead atoms. The quantitative estimate of drug-likeness (QED) is 0.422.